The maximum absolute atomic E-state index is 11.8. The Kier molecular flexibility index (Phi) is 3.65. The van der Waals surface area contributed by atoms with Gasteiger partial charge in [0.25, 0.3) is 0 Å². The van der Waals surface area contributed by atoms with Crippen LogP contribution in [0.4, 0.5) is 0 Å². The predicted octanol–water partition coefficient (Wildman–Crippen LogP) is 0.432. The maximum atomic E-state index is 11.8. The lowest BCUT2D eigenvalue weighted by atomic mass is 9.92. The molecular formula is C12H21N5O. The summed E-state index contributed by atoms with van der Waals surface area (Å²) < 4.78 is 1.53. The zero-order chi connectivity index (χ0) is 13.2. The molecule has 1 fully saturated rings. The van der Waals surface area contributed by atoms with Crippen molar-refractivity contribution in [2.45, 2.75) is 52.2 Å². The average Bonchev–Trinajstić information content (AvgIpc) is 2.85. The molecule has 0 saturated heterocycles. The molecule has 0 aliphatic heterocycles. The van der Waals surface area contributed by atoms with Gasteiger partial charge in [0.15, 0.2) is 0 Å². The van der Waals surface area contributed by atoms with Gasteiger partial charge in [0, 0.05) is 12.6 Å². The van der Waals surface area contributed by atoms with E-state index in [1.54, 1.807) is 6.20 Å². The smallest absolute Gasteiger partial charge is 0.242 e. The molecule has 1 heterocycles. The summed E-state index contributed by atoms with van der Waals surface area (Å²) in [7, 11) is 0. The van der Waals surface area contributed by atoms with Crippen LogP contribution in [0.15, 0.2) is 6.20 Å². The molecule has 1 aromatic rings. The van der Waals surface area contributed by atoms with Crippen molar-refractivity contribution in [2.75, 3.05) is 0 Å². The molecule has 1 aliphatic rings. The first-order chi connectivity index (χ1) is 8.48. The van der Waals surface area contributed by atoms with Crippen LogP contribution in [-0.4, -0.2) is 26.9 Å². The van der Waals surface area contributed by atoms with Gasteiger partial charge < -0.3 is 11.1 Å². The number of hydrogen-bond acceptors (Lipinski definition) is 4. The highest BCUT2D eigenvalue weighted by atomic mass is 16.2. The van der Waals surface area contributed by atoms with Crippen molar-refractivity contribution in [3.05, 3.63) is 11.9 Å². The minimum atomic E-state index is -0.00817. The molecule has 6 heteroatoms. The monoisotopic (exact) mass is 251 g/mol. The number of hydrogen-bond donors (Lipinski definition) is 2. The number of rotatable bonds is 4. The van der Waals surface area contributed by atoms with Gasteiger partial charge in [-0.15, -0.1) is 5.10 Å². The van der Waals surface area contributed by atoms with Crippen LogP contribution < -0.4 is 11.1 Å². The van der Waals surface area contributed by atoms with Crippen LogP contribution >= 0.6 is 0 Å². The topological polar surface area (TPSA) is 85.8 Å². The van der Waals surface area contributed by atoms with Gasteiger partial charge in [-0.2, -0.15) is 0 Å². The highest BCUT2D eigenvalue weighted by Crippen LogP contribution is 2.36. The Hall–Kier alpha value is -1.43. The zero-order valence-electron chi connectivity index (χ0n) is 11.0. The second-order valence-corrected chi connectivity index (χ2v) is 5.78. The third kappa shape index (κ3) is 3.29. The molecule has 0 spiro atoms. The van der Waals surface area contributed by atoms with E-state index in [1.165, 1.54) is 11.1 Å². The molecule has 6 nitrogen and oxygen atoms in total. The second-order valence-electron chi connectivity index (χ2n) is 5.78. The van der Waals surface area contributed by atoms with Crippen LogP contribution in [0, 0.1) is 5.41 Å². The van der Waals surface area contributed by atoms with E-state index in [0.29, 0.717) is 23.7 Å². The Balaban J connectivity index is 1.82. The summed E-state index contributed by atoms with van der Waals surface area (Å²) in [4.78, 5) is 11.8. The highest BCUT2D eigenvalue weighted by molar-refractivity contribution is 5.75. The predicted molar refractivity (Wildman–Crippen MR) is 67.5 cm³/mol. The minimum absolute atomic E-state index is 0.00817. The largest absolute Gasteiger partial charge is 0.352 e. The lowest BCUT2D eigenvalue weighted by molar-refractivity contribution is -0.122. The average molecular weight is 251 g/mol. The summed E-state index contributed by atoms with van der Waals surface area (Å²) in [5.41, 5.74) is 6.48. The standard InChI is InChI=1S/C12H21N5O/c1-12(2)4-3-9(5-12)14-11(18)8-17-7-10(6-13)15-16-17/h7,9H,3-6,8,13H2,1-2H3,(H,14,18). The summed E-state index contributed by atoms with van der Waals surface area (Å²) in [5.74, 6) is -0.00817. The number of aromatic nitrogens is 3. The van der Waals surface area contributed by atoms with Gasteiger partial charge in [-0.3, -0.25) is 4.79 Å². The Morgan fingerprint density at radius 3 is 3.00 bits per heavy atom. The van der Waals surface area contributed by atoms with E-state index in [1.807, 2.05) is 0 Å². The van der Waals surface area contributed by atoms with Gasteiger partial charge in [-0.1, -0.05) is 19.1 Å². The van der Waals surface area contributed by atoms with E-state index >= 15 is 0 Å². The Bertz CT molecular complexity index is 426. The van der Waals surface area contributed by atoms with Crippen molar-refractivity contribution in [2.24, 2.45) is 11.1 Å². The third-order valence-corrected chi connectivity index (χ3v) is 3.43. The third-order valence-electron chi connectivity index (χ3n) is 3.43. The van der Waals surface area contributed by atoms with Gasteiger partial charge in [0.1, 0.15) is 6.54 Å². The molecule has 1 unspecified atom stereocenters. The van der Waals surface area contributed by atoms with Crippen molar-refractivity contribution < 1.29 is 4.79 Å². The Morgan fingerprint density at radius 1 is 1.67 bits per heavy atom. The van der Waals surface area contributed by atoms with Gasteiger partial charge in [0.2, 0.25) is 5.91 Å². The summed E-state index contributed by atoms with van der Waals surface area (Å²) in [6.07, 6.45) is 4.98. The van der Waals surface area contributed by atoms with Gasteiger partial charge in [-0.25, -0.2) is 4.68 Å². The molecule has 1 amide bonds. The van der Waals surface area contributed by atoms with Crippen LogP contribution in [0.3, 0.4) is 0 Å². The lowest BCUT2D eigenvalue weighted by Crippen LogP contribution is -2.36. The summed E-state index contributed by atoms with van der Waals surface area (Å²) in [5, 5.41) is 10.8. The second kappa shape index (κ2) is 5.06. The normalized spacial score (nSPS) is 22.1. The molecule has 0 radical (unpaired) electrons. The van der Waals surface area contributed by atoms with E-state index < -0.39 is 0 Å². The number of nitrogens with one attached hydrogen (secondary N) is 1. The molecule has 3 N–H and O–H groups in total. The zero-order valence-corrected chi connectivity index (χ0v) is 11.0. The quantitative estimate of drug-likeness (QED) is 0.812. The van der Waals surface area contributed by atoms with Crippen molar-refractivity contribution in [3.63, 3.8) is 0 Å². The molecular weight excluding hydrogens is 230 g/mol. The number of nitrogens with zero attached hydrogens (tertiary/aromatic N) is 3. The molecule has 0 bridgehead atoms. The van der Waals surface area contributed by atoms with Crippen LogP contribution in [0.1, 0.15) is 38.8 Å². The highest BCUT2D eigenvalue weighted by Gasteiger charge is 2.31. The Labute approximate surface area is 107 Å². The summed E-state index contributed by atoms with van der Waals surface area (Å²) in [6.45, 7) is 5.04. The number of carbonyl (C=O) groups is 1. The minimum Gasteiger partial charge on any atom is -0.352 e. The molecule has 1 saturated carbocycles. The van der Waals surface area contributed by atoms with Crippen LogP contribution in [0.5, 0.6) is 0 Å². The fourth-order valence-electron chi connectivity index (χ4n) is 2.49. The lowest BCUT2D eigenvalue weighted by Gasteiger charge is -2.17. The van der Waals surface area contributed by atoms with Crippen LogP contribution in [0.2, 0.25) is 0 Å². The van der Waals surface area contributed by atoms with E-state index in [-0.39, 0.29) is 12.5 Å². The molecule has 18 heavy (non-hydrogen) atoms. The number of carbonyl (C=O) groups excluding carboxylic acids is 1. The fraction of sp³-hybridized carbons (Fsp3) is 0.750. The van der Waals surface area contributed by atoms with Crippen molar-refractivity contribution >= 4 is 5.91 Å². The van der Waals surface area contributed by atoms with Gasteiger partial charge in [0.05, 0.1) is 11.9 Å². The first-order valence-corrected chi connectivity index (χ1v) is 6.37. The molecule has 1 aromatic heterocycles. The maximum Gasteiger partial charge on any atom is 0.242 e. The first kappa shape index (κ1) is 13.0. The molecule has 100 valence electrons. The van der Waals surface area contributed by atoms with Crippen molar-refractivity contribution in [1.29, 1.82) is 0 Å². The molecule has 2 rings (SSSR count). The van der Waals surface area contributed by atoms with Gasteiger partial charge >= 0.3 is 0 Å². The van der Waals surface area contributed by atoms with E-state index in [9.17, 15) is 4.79 Å². The fourth-order valence-corrected chi connectivity index (χ4v) is 2.49. The van der Waals surface area contributed by atoms with E-state index in [2.05, 4.69) is 29.5 Å². The van der Waals surface area contributed by atoms with E-state index in [4.69, 9.17) is 5.73 Å². The van der Waals surface area contributed by atoms with Crippen molar-refractivity contribution in [3.8, 4) is 0 Å². The number of amides is 1. The molecule has 1 aliphatic carbocycles. The molecule has 1 atom stereocenters. The van der Waals surface area contributed by atoms with Gasteiger partial charge in [-0.05, 0) is 24.7 Å². The van der Waals surface area contributed by atoms with Crippen molar-refractivity contribution in [1.82, 2.24) is 20.3 Å². The van der Waals surface area contributed by atoms with Crippen LogP contribution in [-0.2, 0) is 17.9 Å². The summed E-state index contributed by atoms with van der Waals surface area (Å²) >= 11 is 0. The van der Waals surface area contributed by atoms with E-state index in [0.717, 1.165) is 12.8 Å². The summed E-state index contributed by atoms with van der Waals surface area (Å²) in [6, 6.07) is 0.296. The van der Waals surface area contributed by atoms with Crippen LogP contribution in [0.25, 0.3) is 0 Å². The first-order valence-electron chi connectivity index (χ1n) is 6.37. The SMILES string of the molecule is CC1(C)CCC(NC(=O)Cn2cc(CN)nn2)C1. The molecule has 0 aromatic carbocycles. The Morgan fingerprint density at radius 2 is 2.44 bits per heavy atom. The number of nitrogens with two attached hydrogens (primary N) is 1.